The van der Waals surface area contributed by atoms with Crippen LogP contribution in [0, 0.1) is 5.92 Å². The summed E-state index contributed by atoms with van der Waals surface area (Å²) < 4.78 is 25.4. The molecule has 1 fully saturated rings. The van der Waals surface area contributed by atoms with E-state index in [1.54, 1.807) is 24.3 Å². The lowest BCUT2D eigenvalue weighted by Gasteiger charge is -2.04. The first-order chi connectivity index (χ1) is 10.4. The number of carbonyl (C=O) groups is 1. The van der Waals surface area contributed by atoms with Crippen molar-refractivity contribution in [3.63, 3.8) is 0 Å². The van der Waals surface area contributed by atoms with E-state index in [1.165, 1.54) is 24.3 Å². The molecule has 0 bridgehead atoms. The van der Waals surface area contributed by atoms with Crippen LogP contribution in [0.2, 0.25) is 5.02 Å². The Morgan fingerprint density at radius 3 is 2.14 bits per heavy atom. The van der Waals surface area contributed by atoms with Crippen molar-refractivity contribution in [2.45, 2.75) is 16.1 Å². The predicted octanol–water partition coefficient (Wildman–Crippen LogP) is 2.98. The van der Waals surface area contributed by atoms with Gasteiger partial charge in [-0.05, 0) is 29.8 Å². The number of sulfone groups is 1. The fourth-order valence-electron chi connectivity index (χ4n) is 2.82. The van der Waals surface area contributed by atoms with Crippen LogP contribution in [0.15, 0.2) is 59.5 Å². The van der Waals surface area contributed by atoms with Gasteiger partial charge in [0.1, 0.15) is 0 Å². The molecule has 4 nitrogen and oxygen atoms in total. The third-order valence-corrected chi connectivity index (χ3v) is 6.41. The molecule has 0 radical (unpaired) electrons. The minimum atomic E-state index is -3.71. The maximum atomic E-state index is 12.7. The average Bonchev–Trinajstić information content (AvgIpc) is 3.25. The molecular weight excluding hydrogens is 324 g/mol. The van der Waals surface area contributed by atoms with Gasteiger partial charge in [-0.15, -0.1) is 0 Å². The first-order valence-corrected chi connectivity index (χ1v) is 8.62. The number of aliphatic carboxylic acids is 1. The van der Waals surface area contributed by atoms with E-state index in [1.807, 2.05) is 6.07 Å². The molecule has 3 rings (SSSR count). The van der Waals surface area contributed by atoms with Gasteiger partial charge in [-0.3, -0.25) is 4.79 Å². The van der Waals surface area contributed by atoms with Gasteiger partial charge in [-0.1, -0.05) is 41.9 Å². The summed E-state index contributed by atoms with van der Waals surface area (Å²) in [6, 6.07) is 14.7. The van der Waals surface area contributed by atoms with Gasteiger partial charge in [0.25, 0.3) is 0 Å². The molecule has 1 aliphatic rings. The third kappa shape index (κ3) is 2.51. The van der Waals surface area contributed by atoms with Gasteiger partial charge < -0.3 is 5.11 Å². The number of rotatable bonds is 4. The van der Waals surface area contributed by atoms with E-state index in [2.05, 4.69) is 0 Å². The summed E-state index contributed by atoms with van der Waals surface area (Å²) >= 11 is 5.77. The van der Waals surface area contributed by atoms with Crippen molar-refractivity contribution in [3.05, 3.63) is 65.2 Å². The van der Waals surface area contributed by atoms with Crippen LogP contribution in [-0.2, 0) is 14.6 Å². The summed E-state index contributed by atoms with van der Waals surface area (Å²) in [6.45, 7) is 0. The Kier molecular flexibility index (Phi) is 3.70. The zero-order valence-electron chi connectivity index (χ0n) is 11.4. The van der Waals surface area contributed by atoms with E-state index in [9.17, 15) is 18.3 Å². The van der Waals surface area contributed by atoms with Crippen LogP contribution in [0.5, 0.6) is 0 Å². The van der Waals surface area contributed by atoms with Gasteiger partial charge in [0.15, 0.2) is 9.84 Å². The number of hydrogen-bond donors (Lipinski definition) is 1. The predicted molar refractivity (Wildman–Crippen MR) is 82.7 cm³/mol. The summed E-state index contributed by atoms with van der Waals surface area (Å²) in [5.41, 5.74) is 0.734. The fourth-order valence-corrected chi connectivity index (χ4v) is 5.07. The van der Waals surface area contributed by atoms with Crippen LogP contribution >= 0.6 is 11.6 Å². The van der Waals surface area contributed by atoms with Gasteiger partial charge in [0, 0.05) is 10.9 Å². The summed E-state index contributed by atoms with van der Waals surface area (Å²) in [5.74, 6) is -2.51. The molecule has 0 aliphatic heterocycles. The topological polar surface area (TPSA) is 71.4 Å². The molecule has 2 aromatic carbocycles. The lowest BCUT2D eigenvalue weighted by atomic mass is 10.1. The van der Waals surface area contributed by atoms with Crippen molar-refractivity contribution in [2.24, 2.45) is 5.92 Å². The molecule has 0 heterocycles. The van der Waals surface area contributed by atoms with E-state index in [4.69, 9.17) is 11.6 Å². The maximum Gasteiger partial charge on any atom is 0.308 e. The van der Waals surface area contributed by atoms with Crippen molar-refractivity contribution in [3.8, 4) is 0 Å². The monoisotopic (exact) mass is 336 g/mol. The molecule has 22 heavy (non-hydrogen) atoms. The van der Waals surface area contributed by atoms with E-state index in [0.29, 0.717) is 5.02 Å². The minimum absolute atomic E-state index is 0.103. The summed E-state index contributed by atoms with van der Waals surface area (Å²) in [7, 11) is -3.71. The van der Waals surface area contributed by atoms with Crippen LogP contribution in [0.25, 0.3) is 0 Å². The highest BCUT2D eigenvalue weighted by atomic mass is 35.5. The van der Waals surface area contributed by atoms with Gasteiger partial charge in [-0.2, -0.15) is 0 Å². The Bertz CT molecular complexity index is 800. The molecule has 2 aromatic rings. The normalized spacial score (nSPS) is 24.0. The largest absolute Gasteiger partial charge is 0.481 e. The van der Waals surface area contributed by atoms with E-state index < -0.39 is 32.9 Å². The molecule has 114 valence electrons. The zero-order valence-corrected chi connectivity index (χ0v) is 13.0. The van der Waals surface area contributed by atoms with Crippen LogP contribution < -0.4 is 0 Å². The molecular formula is C16H13ClO4S. The second-order valence-electron chi connectivity index (χ2n) is 5.26. The first-order valence-electron chi connectivity index (χ1n) is 6.70. The van der Waals surface area contributed by atoms with Gasteiger partial charge >= 0.3 is 5.97 Å². The van der Waals surface area contributed by atoms with Crippen LogP contribution in [-0.4, -0.2) is 24.7 Å². The van der Waals surface area contributed by atoms with Crippen molar-refractivity contribution >= 4 is 27.4 Å². The van der Waals surface area contributed by atoms with Crippen LogP contribution in [0.4, 0.5) is 0 Å². The minimum Gasteiger partial charge on any atom is -0.481 e. The lowest BCUT2D eigenvalue weighted by molar-refractivity contribution is -0.138. The van der Waals surface area contributed by atoms with E-state index >= 15 is 0 Å². The number of halogens is 1. The number of benzene rings is 2. The maximum absolute atomic E-state index is 12.7. The average molecular weight is 337 g/mol. The summed E-state index contributed by atoms with van der Waals surface area (Å²) in [6.07, 6.45) is 0. The molecule has 3 atom stereocenters. The molecule has 1 N–H and O–H groups in total. The zero-order chi connectivity index (χ0) is 15.9. The van der Waals surface area contributed by atoms with Gasteiger partial charge in [0.2, 0.25) is 0 Å². The molecule has 6 heteroatoms. The van der Waals surface area contributed by atoms with Crippen molar-refractivity contribution < 1.29 is 18.3 Å². The number of carboxylic acid groups (broad SMARTS) is 1. The Morgan fingerprint density at radius 1 is 1.00 bits per heavy atom. The van der Waals surface area contributed by atoms with Crippen LogP contribution in [0.1, 0.15) is 11.5 Å². The number of hydrogen-bond acceptors (Lipinski definition) is 3. The Labute approximate surface area is 133 Å². The highest BCUT2D eigenvalue weighted by Crippen LogP contribution is 2.54. The second kappa shape index (κ2) is 5.41. The summed E-state index contributed by atoms with van der Waals surface area (Å²) in [5, 5.41) is 8.82. The standard InChI is InChI=1S/C16H13ClO4S/c17-11-6-8-12(9-7-11)22(20,21)15-13(14(15)16(18)19)10-4-2-1-3-5-10/h1-9,13-15H,(H,18,19)/t13-,14+,15+/m1/s1. The molecule has 0 spiro atoms. The molecule has 0 amide bonds. The molecule has 1 aliphatic carbocycles. The highest BCUT2D eigenvalue weighted by molar-refractivity contribution is 7.92. The quantitative estimate of drug-likeness (QED) is 0.931. The van der Waals surface area contributed by atoms with Crippen molar-refractivity contribution in [2.75, 3.05) is 0 Å². The first kappa shape index (κ1) is 15.1. The molecule has 0 unspecified atom stereocenters. The fraction of sp³-hybridized carbons (Fsp3) is 0.188. The number of carboxylic acids is 1. The van der Waals surface area contributed by atoms with Crippen molar-refractivity contribution in [1.29, 1.82) is 0 Å². The van der Waals surface area contributed by atoms with Gasteiger partial charge in [0.05, 0.1) is 16.1 Å². The molecule has 0 aromatic heterocycles. The molecule has 0 saturated heterocycles. The Morgan fingerprint density at radius 2 is 1.59 bits per heavy atom. The Balaban J connectivity index is 1.99. The smallest absolute Gasteiger partial charge is 0.308 e. The van der Waals surface area contributed by atoms with Crippen molar-refractivity contribution in [1.82, 2.24) is 0 Å². The highest BCUT2D eigenvalue weighted by Gasteiger charge is 2.63. The SMILES string of the molecule is O=C(O)[C@H]1[C@@H](c2ccccc2)[C@@H]1S(=O)(=O)c1ccc(Cl)cc1. The summed E-state index contributed by atoms with van der Waals surface area (Å²) in [4.78, 5) is 11.5. The molecule has 1 saturated carbocycles. The van der Waals surface area contributed by atoms with E-state index in [0.717, 1.165) is 5.56 Å². The van der Waals surface area contributed by atoms with Gasteiger partial charge in [-0.25, -0.2) is 8.42 Å². The van der Waals surface area contributed by atoms with Crippen LogP contribution in [0.3, 0.4) is 0 Å². The van der Waals surface area contributed by atoms with E-state index in [-0.39, 0.29) is 4.90 Å². The second-order valence-corrected chi connectivity index (χ2v) is 7.81. The Hall–Kier alpha value is -1.85. The third-order valence-electron chi connectivity index (χ3n) is 3.92. The lowest BCUT2D eigenvalue weighted by Crippen LogP contribution is -2.13.